The summed E-state index contributed by atoms with van der Waals surface area (Å²) in [6.45, 7) is 4.71. The summed E-state index contributed by atoms with van der Waals surface area (Å²) in [6.07, 6.45) is 3.52. The normalized spacial score (nSPS) is 25.9. The largest absolute Gasteiger partial charge is 0.368 e. The average molecular weight is 214 g/mol. The molecule has 1 aliphatic carbocycles. The second-order valence-corrected chi connectivity index (χ2v) is 4.50. The van der Waals surface area contributed by atoms with Gasteiger partial charge in [0.1, 0.15) is 6.61 Å². The summed E-state index contributed by atoms with van der Waals surface area (Å²) in [7, 11) is 0. The van der Waals surface area contributed by atoms with Gasteiger partial charge in [-0.05, 0) is 39.2 Å². The summed E-state index contributed by atoms with van der Waals surface area (Å²) in [6, 6.07) is 0.176. The molecule has 0 radical (unpaired) electrons. The highest BCUT2D eigenvalue weighted by molar-refractivity contribution is 5.77. The summed E-state index contributed by atoms with van der Waals surface area (Å²) in [4.78, 5) is 11.3. The van der Waals surface area contributed by atoms with E-state index in [1.54, 1.807) is 0 Å². The molecule has 0 heterocycles. The molecule has 0 aromatic rings. The van der Waals surface area contributed by atoms with Gasteiger partial charge in [0, 0.05) is 6.04 Å². The molecular formula is C11H22N2O2. The second-order valence-electron chi connectivity index (χ2n) is 4.50. The number of carbonyl (C=O) groups excluding carboxylic acids is 1. The molecule has 3 N–H and O–H groups in total. The molecule has 4 heteroatoms. The first-order valence-corrected chi connectivity index (χ1v) is 5.74. The van der Waals surface area contributed by atoms with Gasteiger partial charge in [0.2, 0.25) is 5.91 Å². The van der Waals surface area contributed by atoms with Crippen LogP contribution in [0.15, 0.2) is 0 Å². The lowest BCUT2D eigenvalue weighted by Crippen LogP contribution is -2.35. The van der Waals surface area contributed by atoms with E-state index in [1.165, 1.54) is 6.42 Å². The van der Waals surface area contributed by atoms with Crippen LogP contribution in [0.25, 0.3) is 0 Å². The molecule has 2 atom stereocenters. The van der Waals surface area contributed by atoms with Gasteiger partial charge in [0.05, 0.1) is 6.10 Å². The fourth-order valence-electron chi connectivity index (χ4n) is 2.04. The molecule has 1 amide bonds. The second kappa shape index (κ2) is 6.08. The standard InChI is InChI=1S/C11H22N2O2/c1-8(2)13-11(14)7-15-10-5-3-4-9(10)6-12/h8-10H,3-7,12H2,1-2H3,(H,13,14). The molecule has 0 saturated heterocycles. The van der Waals surface area contributed by atoms with Gasteiger partial charge in [-0.25, -0.2) is 0 Å². The molecule has 2 unspecified atom stereocenters. The van der Waals surface area contributed by atoms with Crippen LogP contribution in [-0.2, 0) is 9.53 Å². The Bertz CT molecular complexity index is 207. The van der Waals surface area contributed by atoms with Crippen LogP contribution in [0, 0.1) is 5.92 Å². The van der Waals surface area contributed by atoms with Gasteiger partial charge >= 0.3 is 0 Å². The molecule has 0 spiro atoms. The molecular weight excluding hydrogens is 192 g/mol. The van der Waals surface area contributed by atoms with E-state index in [0.29, 0.717) is 12.5 Å². The van der Waals surface area contributed by atoms with Crippen molar-refractivity contribution in [1.29, 1.82) is 0 Å². The maximum atomic E-state index is 11.3. The highest BCUT2D eigenvalue weighted by Gasteiger charge is 2.27. The van der Waals surface area contributed by atoms with Crippen LogP contribution in [0.4, 0.5) is 0 Å². The van der Waals surface area contributed by atoms with Crippen molar-refractivity contribution in [3.63, 3.8) is 0 Å². The molecule has 0 bridgehead atoms. The maximum Gasteiger partial charge on any atom is 0.246 e. The topological polar surface area (TPSA) is 64.3 Å². The minimum absolute atomic E-state index is 0.0346. The van der Waals surface area contributed by atoms with Crippen molar-refractivity contribution in [2.45, 2.75) is 45.3 Å². The predicted molar refractivity (Wildman–Crippen MR) is 59.4 cm³/mol. The predicted octanol–water partition coefficient (Wildman–Crippen LogP) is 0.655. The van der Waals surface area contributed by atoms with Crippen molar-refractivity contribution < 1.29 is 9.53 Å². The molecule has 0 aromatic heterocycles. The summed E-state index contributed by atoms with van der Waals surface area (Å²) in [5.74, 6) is 0.407. The van der Waals surface area contributed by atoms with Gasteiger partial charge in [0.25, 0.3) is 0 Å². The zero-order valence-electron chi connectivity index (χ0n) is 9.66. The lowest BCUT2D eigenvalue weighted by atomic mass is 10.1. The number of amides is 1. The van der Waals surface area contributed by atoms with Crippen molar-refractivity contribution in [3.8, 4) is 0 Å². The minimum atomic E-state index is -0.0346. The van der Waals surface area contributed by atoms with Crippen LogP contribution < -0.4 is 11.1 Å². The Morgan fingerprint density at radius 2 is 2.27 bits per heavy atom. The van der Waals surface area contributed by atoms with E-state index in [4.69, 9.17) is 10.5 Å². The fourth-order valence-corrected chi connectivity index (χ4v) is 2.04. The molecule has 0 aliphatic heterocycles. The van der Waals surface area contributed by atoms with Crippen molar-refractivity contribution in [2.24, 2.45) is 11.7 Å². The zero-order chi connectivity index (χ0) is 11.3. The molecule has 0 aromatic carbocycles. The lowest BCUT2D eigenvalue weighted by molar-refractivity contribution is -0.128. The van der Waals surface area contributed by atoms with Gasteiger partial charge in [-0.15, -0.1) is 0 Å². The molecule has 1 fully saturated rings. The minimum Gasteiger partial charge on any atom is -0.368 e. The monoisotopic (exact) mass is 214 g/mol. The summed E-state index contributed by atoms with van der Waals surface area (Å²) >= 11 is 0. The van der Waals surface area contributed by atoms with Gasteiger partial charge in [-0.1, -0.05) is 6.42 Å². The van der Waals surface area contributed by atoms with Gasteiger partial charge in [-0.2, -0.15) is 0 Å². The number of hydrogen-bond donors (Lipinski definition) is 2. The summed E-state index contributed by atoms with van der Waals surface area (Å²) in [5, 5.41) is 2.80. The number of carbonyl (C=O) groups is 1. The number of ether oxygens (including phenoxy) is 1. The van der Waals surface area contributed by atoms with Crippen molar-refractivity contribution in [1.82, 2.24) is 5.32 Å². The van der Waals surface area contributed by atoms with Gasteiger partial charge in [0.15, 0.2) is 0 Å². The van der Waals surface area contributed by atoms with Crippen molar-refractivity contribution in [3.05, 3.63) is 0 Å². The quantitative estimate of drug-likeness (QED) is 0.706. The van der Waals surface area contributed by atoms with Gasteiger partial charge < -0.3 is 15.8 Å². The molecule has 1 aliphatic rings. The number of hydrogen-bond acceptors (Lipinski definition) is 3. The van der Waals surface area contributed by atoms with E-state index in [0.717, 1.165) is 12.8 Å². The van der Waals surface area contributed by atoms with E-state index in [9.17, 15) is 4.79 Å². The van der Waals surface area contributed by atoms with Crippen LogP contribution in [0.2, 0.25) is 0 Å². The van der Waals surface area contributed by atoms with E-state index in [2.05, 4.69) is 5.32 Å². The van der Waals surface area contributed by atoms with Crippen LogP contribution in [-0.4, -0.2) is 31.2 Å². The third-order valence-electron chi connectivity index (χ3n) is 2.77. The lowest BCUT2D eigenvalue weighted by Gasteiger charge is -2.18. The first kappa shape index (κ1) is 12.5. The highest BCUT2D eigenvalue weighted by Crippen LogP contribution is 2.27. The van der Waals surface area contributed by atoms with Crippen LogP contribution in [0.3, 0.4) is 0 Å². The maximum absolute atomic E-state index is 11.3. The molecule has 15 heavy (non-hydrogen) atoms. The third kappa shape index (κ3) is 4.18. The average Bonchev–Trinajstić information content (AvgIpc) is 2.60. The molecule has 1 saturated carbocycles. The van der Waals surface area contributed by atoms with Crippen LogP contribution in [0.1, 0.15) is 33.1 Å². The van der Waals surface area contributed by atoms with E-state index in [1.807, 2.05) is 13.8 Å². The number of rotatable bonds is 5. The Labute approximate surface area is 91.5 Å². The molecule has 88 valence electrons. The molecule has 4 nitrogen and oxygen atoms in total. The Morgan fingerprint density at radius 1 is 1.53 bits per heavy atom. The molecule has 1 rings (SSSR count). The Hall–Kier alpha value is -0.610. The third-order valence-corrected chi connectivity index (χ3v) is 2.77. The first-order chi connectivity index (χ1) is 7.13. The van der Waals surface area contributed by atoms with Gasteiger partial charge in [-0.3, -0.25) is 4.79 Å². The first-order valence-electron chi connectivity index (χ1n) is 5.74. The fraction of sp³-hybridized carbons (Fsp3) is 0.909. The van der Waals surface area contributed by atoms with Crippen LogP contribution >= 0.6 is 0 Å². The van der Waals surface area contributed by atoms with E-state index < -0.39 is 0 Å². The van der Waals surface area contributed by atoms with Crippen LogP contribution in [0.5, 0.6) is 0 Å². The number of nitrogens with two attached hydrogens (primary N) is 1. The summed E-state index contributed by atoms with van der Waals surface area (Å²) in [5.41, 5.74) is 5.63. The number of nitrogens with one attached hydrogen (secondary N) is 1. The van der Waals surface area contributed by atoms with E-state index in [-0.39, 0.29) is 24.7 Å². The van der Waals surface area contributed by atoms with Crippen molar-refractivity contribution >= 4 is 5.91 Å². The van der Waals surface area contributed by atoms with E-state index >= 15 is 0 Å². The Kier molecular flexibility index (Phi) is 5.05. The highest BCUT2D eigenvalue weighted by atomic mass is 16.5. The Balaban J connectivity index is 2.21. The Morgan fingerprint density at radius 3 is 2.87 bits per heavy atom. The summed E-state index contributed by atoms with van der Waals surface area (Å²) < 4.78 is 5.58. The smallest absolute Gasteiger partial charge is 0.246 e. The SMILES string of the molecule is CC(C)NC(=O)COC1CCCC1CN. The zero-order valence-corrected chi connectivity index (χ0v) is 9.66. The van der Waals surface area contributed by atoms with Crippen molar-refractivity contribution in [2.75, 3.05) is 13.2 Å².